The molecule has 7 nitrogen and oxygen atoms in total. The molecule has 0 radical (unpaired) electrons. The summed E-state index contributed by atoms with van der Waals surface area (Å²) in [5.74, 6) is -3.21. The van der Waals surface area contributed by atoms with Gasteiger partial charge in [-0.15, -0.1) is 0 Å². The zero-order valence-corrected chi connectivity index (χ0v) is 19.2. The van der Waals surface area contributed by atoms with Crippen LogP contribution in [0.2, 0.25) is 0 Å². The minimum atomic E-state index is -1.17. The highest BCUT2D eigenvalue weighted by molar-refractivity contribution is 6.51. The van der Waals surface area contributed by atoms with E-state index in [9.17, 15) is 23.5 Å². The number of anilines is 1. The molecule has 3 aromatic carbocycles. The van der Waals surface area contributed by atoms with Crippen LogP contribution in [-0.2, 0) is 9.59 Å². The molecule has 1 atom stereocenters. The number of Topliss-reactive ketones (excluding diaryl/α,β-unsaturated/α-hetero) is 1. The first-order valence-electron chi connectivity index (χ1n) is 11.3. The molecule has 1 saturated heterocycles. The Bertz CT molecular complexity index is 1390. The summed E-state index contributed by atoms with van der Waals surface area (Å²) >= 11 is 0. The number of halogens is 2. The summed E-state index contributed by atoms with van der Waals surface area (Å²) in [6.07, 6.45) is 0. The smallest absolute Gasteiger partial charge is 0.300 e. The van der Waals surface area contributed by atoms with E-state index in [2.05, 4.69) is 0 Å². The van der Waals surface area contributed by atoms with Crippen molar-refractivity contribution in [1.29, 1.82) is 0 Å². The predicted molar refractivity (Wildman–Crippen MR) is 126 cm³/mol. The third-order valence-corrected chi connectivity index (χ3v) is 5.95. The second kappa shape index (κ2) is 9.33. The summed E-state index contributed by atoms with van der Waals surface area (Å²) in [6, 6.07) is 13.1. The molecular formula is C27H21F2NO6. The van der Waals surface area contributed by atoms with Gasteiger partial charge in [-0.2, -0.15) is 0 Å². The molecule has 0 bridgehead atoms. The van der Waals surface area contributed by atoms with Crippen LogP contribution in [0.4, 0.5) is 14.5 Å². The van der Waals surface area contributed by atoms with Crippen molar-refractivity contribution < 1.29 is 37.7 Å². The minimum absolute atomic E-state index is 0.0314. The zero-order chi connectivity index (χ0) is 25.4. The van der Waals surface area contributed by atoms with Gasteiger partial charge in [0, 0.05) is 17.3 Å². The molecule has 5 rings (SSSR count). The molecule has 0 spiro atoms. The molecule has 1 amide bonds. The molecule has 36 heavy (non-hydrogen) atoms. The van der Waals surface area contributed by atoms with Gasteiger partial charge in [-0.1, -0.05) is 12.1 Å². The van der Waals surface area contributed by atoms with Gasteiger partial charge < -0.3 is 19.3 Å². The Morgan fingerprint density at radius 3 is 2.39 bits per heavy atom. The highest BCUT2D eigenvalue weighted by atomic mass is 19.2. The maximum Gasteiger partial charge on any atom is 0.300 e. The predicted octanol–water partition coefficient (Wildman–Crippen LogP) is 4.76. The molecule has 1 fully saturated rings. The number of carbonyl (C=O) groups is 2. The number of hydrogen-bond donors (Lipinski definition) is 1. The van der Waals surface area contributed by atoms with Crippen molar-refractivity contribution in [3.05, 3.63) is 89.0 Å². The lowest BCUT2D eigenvalue weighted by molar-refractivity contribution is -0.132. The van der Waals surface area contributed by atoms with E-state index in [0.29, 0.717) is 42.6 Å². The Morgan fingerprint density at radius 2 is 1.69 bits per heavy atom. The van der Waals surface area contributed by atoms with Gasteiger partial charge >= 0.3 is 0 Å². The molecule has 1 unspecified atom stereocenters. The highest BCUT2D eigenvalue weighted by Crippen LogP contribution is 2.43. The fourth-order valence-corrected chi connectivity index (χ4v) is 4.31. The van der Waals surface area contributed by atoms with Gasteiger partial charge in [0.15, 0.2) is 23.1 Å². The van der Waals surface area contributed by atoms with Gasteiger partial charge in [0.05, 0.1) is 18.2 Å². The van der Waals surface area contributed by atoms with Gasteiger partial charge in [0.2, 0.25) is 0 Å². The van der Waals surface area contributed by atoms with Crippen molar-refractivity contribution in [3.8, 4) is 17.2 Å². The lowest BCUT2D eigenvalue weighted by atomic mass is 9.95. The molecule has 0 aromatic heterocycles. The number of amides is 1. The molecule has 2 heterocycles. The van der Waals surface area contributed by atoms with Crippen LogP contribution in [-0.4, -0.2) is 36.6 Å². The fraction of sp³-hybridized carbons (Fsp3) is 0.185. The SMILES string of the molecule is CCOc1ccc(C2/C(=C(/O)c3ccc4c(c3)OCCO4)C(=O)C(=O)N2c2ccc(F)c(F)c2)cc1. The topological polar surface area (TPSA) is 85.3 Å². The van der Waals surface area contributed by atoms with Crippen molar-refractivity contribution in [2.24, 2.45) is 0 Å². The van der Waals surface area contributed by atoms with Gasteiger partial charge in [-0.25, -0.2) is 8.78 Å². The van der Waals surface area contributed by atoms with E-state index in [0.717, 1.165) is 17.0 Å². The minimum Gasteiger partial charge on any atom is -0.507 e. The number of rotatable bonds is 5. The summed E-state index contributed by atoms with van der Waals surface area (Å²) < 4.78 is 44.3. The van der Waals surface area contributed by atoms with Crippen LogP contribution in [0.5, 0.6) is 17.2 Å². The van der Waals surface area contributed by atoms with Crippen molar-refractivity contribution in [3.63, 3.8) is 0 Å². The van der Waals surface area contributed by atoms with E-state index >= 15 is 0 Å². The first-order valence-corrected chi connectivity index (χ1v) is 11.3. The molecule has 2 aliphatic heterocycles. The summed E-state index contributed by atoms with van der Waals surface area (Å²) in [4.78, 5) is 27.5. The number of benzene rings is 3. The molecule has 1 N–H and O–H groups in total. The Balaban J connectivity index is 1.67. The van der Waals surface area contributed by atoms with Crippen molar-refractivity contribution >= 4 is 23.1 Å². The molecular weight excluding hydrogens is 472 g/mol. The van der Waals surface area contributed by atoms with Crippen molar-refractivity contribution in [2.75, 3.05) is 24.7 Å². The summed E-state index contributed by atoms with van der Waals surface area (Å²) in [7, 11) is 0. The van der Waals surface area contributed by atoms with Crippen LogP contribution in [0, 0.1) is 11.6 Å². The Labute approximate surface area is 205 Å². The monoisotopic (exact) mass is 493 g/mol. The summed E-state index contributed by atoms with van der Waals surface area (Å²) in [6.45, 7) is 2.98. The first-order chi connectivity index (χ1) is 17.4. The van der Waals surface area contributed by atoms with Crippen LogP contribution in [0.1, 0.15) is 24.1 Å². The van der Waals surface area contributed by atoms with Crippen LogP contribution >= 0.6 is 0 Å². The molecule has 2 aliphatic rings. The van der Waals surface area contributed by atoms with Crippen LogP contribution < -0.4 is 19.1 Å². The third kappa shape index (κ3) is 4.02. The maximum atomic E-state index is 14.1. The molecule has 0 saturated carbocycles. The Hall–Kier alpha value is -4.40. The lowest BCUT2D eigenvalue weighted by Gasteiger charge is -2.26. The average molecular weight is 493 g/mol. The average Bonchev–Trinajstić information content (AvgIpc) is 3.16. The number of carbonyl (C=O) groups excluding carboxylic acids is 2. The molecule has 0 aliphatic carbocycles. The molecule has 184 valence electrons. The highest BCUT2D eigenvalue weighted by Gasteiger charge is 2.47. The second-order valence-corrected chi connectivity index (χ2v) is 8.13. The second-order valence-electron chi connectivity index (χ2n) is 8.13. The standard InChI is InChI=1S/C27H21F2NO6/c1-2-34-18-7-3-15(4-8-18)24-23(25(31)16-5-10-21-22(13-16)36-12-11-35-21)26(32)27(33)30(24)17-6-9-19(28)20(29)14-17/h3-10,13-14,24,31H,2,11-12H2,1H3/b25-23-. The Kier molecular flexibility index (Phi) is 6.05. The van der Waals surface area contributed by atoms with E-state index in [1.165, 1.54) is 12.1 Å². The maximum absolute atomic E-state index is 14.1. The van der Waals surface area contributed by atoms with E-state index in [1.54, 1.807) is 36.4 Å². The van der Waals surface area contributed by atoms with Gasteiger partial charge in [0.25, 0.3) is 11.7 Å². The quantitative estimate of drug-likeness (QED) is 0.313. The number of aliphatic hydroxyl groups excluding tert-OH is 1. The van der Waals surface area contributed by atoms with E-state index in [-0.39, 0.29) is 16.8 Å². The van der Waals surface area contributed by atoms with Crippen LogP contribution in [0.15, 0.2) is 66.2 Å². The Morgan fingerprint density at radius 1 is 0.972 bits per heavy atom. The summed E-state index contributed by atoms with van der Waals surface area (Å²) in [5.41, 5.74) is 0.460. The number of hydrogen-bond acceptors (Lipinski definition) is 6. The van der Waals surface area contributed by atoms with Crippen molar-refractivity contribution in [1.82, 2.24) is 0 Å². The molecule has 9 heteroatoms. The van der Waals surface area contributed by atoms with E-state index in [4.69, 9.17) is 14.2 Å². The number of ether oxygens (including phenoxy) is 3. The van der Waals surface area contributed by atoms with Crippen LogP contribution in [0.25, 0.3) is 5.76 Å². The van der Waals surface area contributed by atoms with E-state index < -0.39 is 35.1 Å². The van der Waals surface area contributed by atoms with Crippen LogP contribution in [0.3, 0.4) is 0 Å². The fourth-order valence-electron chi connectivity index (χ4n) is 4.31. The number of nitrogens with zero attached hydrogens (tertiary/aromatic N) is 1. The van der Waals surface area contributed by atoms with Gasteiger partial charge in [-0.05, 0) is 55.0 Å². The van der Waals surface area contributed by atoms with Gasteiger partial charge in [0.1, 0.15) is 24.7 Å². The first kappa shape index (κ1) is 23.3. The van der Waals surface area contributed by atoms with Gasteiger partial charge in [-0.3, -0.25) is 14.5 Å². The third-order valence-electron chi connectivity index (χ3n) is 5.95. The number of ketones is 1. The number of aliphatic hydroxyl groups is 1. The molecule has 3 aromatic rings. The number of fused-ring (bicyclic) bond motifs is 1. The van der Waals surface area contributed by atoms with Crippen molar-refractivity contribution in [2.45, 2.75) is 13.0 Å². The normalized spacial score (nSPS) is 18.4. The largest absolute Gasteiger partial charge is 0.507 e. The van der Waals surface area contributed by atoms with E-state index in [1.807, 2.05) is 6.92 Å². The lowest BCUT2D eigenvalue weighted by Crippen LogP contribution is -2.29. The summed E-state index contributed by atoms with van der Waals surface area (Å²) in [5, 5.41) is 11.3. The zero-order valence-electron chi connectivity index (χ0n) is 19.2.